The second-order valence-electron chi connectivity index (χ2n) is 9.19. The van der Waals surface area contributed by atoms with E-state index in [2.05, 4.69) is 83.6 Å². The Hall–Kier alpha value is -2.63. The summed E-state index contributed by atoms with van der Waals surface area (Å²) in [5.74, 6) is -0.142. The van der Waals surface area contributed by atoms with Gasteiger partial charge in [-0.1, -0.05) is 62.4 Å². The summed E-state index contributed by atoms with van der Waals surface area (Å²) in [6.07, 6.45) is 2.62. The maximum atomic E-state index is 13.0. The van der Waals surface area contributed by atoms with Crippen molar-refractivity contribution in [2.24, 2.45) is 0 Å². The van der Waals surface area contributed by atoms with Crippen molar-refractivity contribution in [1.29, 1.82) is 0 Å². The number of rotatable bonds is 4. The molecule has 4 atom stereocenters. The second kappa shape index (κ2) is 8.13. The molecule has 1 fully saturated rings. The monoisotopic (exact) mass is 417 g/mol. The van der Waals surface area contributed by atoms with Crippen molar-refractivity contribution in [2.45, 2.75) is 63.3 Å². The number of para-hydroxylation sites is 1. The fraction of sp³-hybridized carbons (Fsp3) is 0.423. The molecule has 0 saturated carbocycles. The molecule has 5 nitrogen and oxygen atoms in total. The van der Waals surface area contributed by atoms with Gasteiger partial charge in [0.2, 0.25) is 0 Å². The van der Waals surface area contributed by atoms with E-state index in [9.17, 15) is 4.79 Å². The first-order valence-corrected chi connectivity index (χ1v) is 11.3. The highest BCUT2D eigenvalue weighted by atomic mass is 16.5. The van der Waals surface area contributed by atoms with E-state index in [1.807, 2.05) is 0 Å². The van der Waals surface area contributed by atoms with Crippen LogP contribution in [0.25, 0.3) is 10.9 Å². The number of nitrogens with one attached hydrogen (secondary N) is 2. The predicted molar refractivity (Wildman–Crippen MR) is 123 cm³/mol. The third-order valence-corrected chi connectivity index (χ3v) is 6.90. The van der Waals surface area contributed by atoms with Crippen molar-refractivity contribution in [3.8, 4) is 0 Å². The van der Waals surface area contributed by atoms with Crippen molar-refractivity contribution in [3.63, 3.8) is 0 Å². The van der Waals surface area contributed by atoms with E-state index in [0.717, 1.165) is 18.4 Å². The van der Waals surface area contributed by atoms with Gasteiger partial charge in [0.1, 0.15) is 6.04 Å². The van der Waals surface area contributed by atoms with Crippen LogP contribution in [0.15, 0.2) is 54.6 Å². The molecule has 0 aliphatic carbocycles. The summed E-state index contributed by atoms with van der Waals surface area (Å²) in [6.45, 7) is 4.41. The Balaban J connectivity index is 1.66. The van der Waals surface area contributed by atoms with E-state index in [4.69, 9.17) is 4.74 Å². The van der Waals surface area contributed by atoms with Crippen LogP contribution in [-0.2, 0) is 16.0 Å². The zero-order chi connectivity index (χ0) is 21.5. The SMILES string of the molecule is COC(=O)C1Cc2c([nH]c3ccccc23)C2CC(NC(C)C)CC(c3ccccc3)N12. The van der Waals surface area contributed by atoms with Gasteiger partial charge in [-0.15, -0.1) is 0 Å². The highest BCUT2D eigenvalue weighted by Gasteiger charge is 2.48. The number of hydrogen-bond acceptors (Lipinski definition) is 4. The number of ether oxygens (including phenoxy) is 1. The molecule has 0 radical (unpaired) electrons. The summed E-state index contributed by atoms with van der Waals surface area (Å²) in [4.78, 5) is 19.2. The number of methoxy groups -OCH3 is 1. The van der Waals surface area contributed by atoms with Crippen molar-refractivity contribution in [2.75, 3.05) is 7.11 Å². The molecule has 1 saturated heterocycles. The first kappa shape index (κ1) is 20.3. The normalized spacial score (nSPS) is 25.9. The van der Waals surface area contributed by atoms with E-state index in [0.29, 0.717) is 18.5 Å². The van der Waals surface area contributed by atoms with Gasteiger partial charge in [0.25, 0.3) is 0 Å². The fourth-order valence-corrected chi connectivity index (χ4v) is 5.75. The maximum absolute atomic E-state index is 13.0. The molecule has 31 heavy (non-hydrogen) atoms. The number of piperidine rings is 1. The van der Waals surface area contributed by atoms with E-state index >= 15 is 0 Å². The first-order valence-electron chi connectivity index (χ1n) is 11.3. The minimum atomic E-state index is -0.285. The standard InChI is InChI=1S/C26H31N3O2/c1-16(2)27-18-13-22(17-9-5-4-6-10-17)29-23(14-18)25-20(15-24(29)26(30)31-3)19-11-7-8-12-21(19)28-25/h4-12,16,18,22-24,27-28H,13-15H2,1-3H3. The van der Waals surface area contributed by atoms with Crippen LogP contribution in [0.2, 0.25) is 0 Å². The number of fused-ring (bicyclic) bond motifs is 5. The Bertz CT molecular complexity index is 1070. The summed E-state index contributed by atoms with van der Waals surface area (Å²) in [5.41, 5.74) is 4.94. The molecule has 4 unspecified atom stereocenters. The van der Waals surface area contributed by atoms with Crippen molar-refractivity contribution >= 4 is 16.9 Å². The maximum Gasteiger partial charge on any atom is 0.323 e. The predicted octanol–water partition coefficient (Wildman–Crippen LogP) is 4.51. The largest absolute Gasteiger partial charge is 0.468 e. The Morgan fingerprint density at radius 1 is 1.06 bits per heavy atom. The average Bonchev–Trinajstić information content (AvgIpc) is 3.16. The molecule has 2 aromatic carbocycles. The lowest BCUT2D eigenvalue weighted by Gasteiger charge is -2.51. The number of hydrogen-bond donors (Lipinski definition) is 2. The van der Waals surface area contributed by atoms with E-state index in [-0.39, 0.29) is 24.1 Å². The van der Waals surface area contributed by atoms with Gasteiger partial charge in [-0.3, -0.25) is 9.69 Å². The van der Waals surface area contributed by atoms with Crippen LogP contribution in [0.4, 0.5) is 0 Å². The molecular formula is C26H31N3O2. The van der Waals surface area contributed by atoms with Crippen LogP contribution in [0.1, 0.15) is 55.6 Å². The summed E-state index contributed by atoms with van der Waals surface area (Å²) < 4.78 is 5.31. The smallest absolute Gasteiger partial charge is 0.323 e. The Labute approximate surface area is 183 Å². The van der Waals surface area contributed by atoms with E-state index in [1.54, 1.807) is 0 Å². The average molecular weight is 418 g/mol. The van der Waals surface area contributed by atoms with Crippen molar-refractivity contribution < 1.29 is 9.53 Å². The number of H-pyrrole nitrogens is 1. The third kappa shape index (κ3) is 3.56. The molecule has 2 aliphatic heterocycles. The summed E-state index contributed by atoms with van der Waals surface area (Å²) in [7, 11) is 1.51. The summed E-state index contributed by atoms with van der Waals surface area (Å²) in [6, 6.07) is 19.8. The highest BCUT2D eigenvalue weighted by molar-refractivity contribution is 5.87. The van der Waals surface area contributed by atoms with Crippen LogP contribution < -0.4 is 5.32 Å². The van der Waals surface area contributed by atoms with Gasteiger partial charge in [0.15, 0.2) is 0 Å². The number of carbonyl (C=O) groups excluding carboxylic acids is 1. The van der Waals surface area contributed by atoms with Gasteiger partial charge < -0.3 is 15.0 Å². The zero-order valence-electron chi connectivity index (χ0n) is 18.5. The number of carbonyl (C=O) groups is 1. The number of aromatic nitrogens is 1. The number of benzene rings is 2. The van der Waals surface area contributed by atoms with Crippen molar-refractivity contribution in [1.82, 2.24) is 15.2 Å². The van der Waals surface area contributed by atoms with Crippen LogP contribution in [0.5, 0.6) is 0 Å². The number of aromatic amines is 1. The molecule has 0 amide bonds. The molecule has 5 heteroatoms. The Morgan fingerprint density at radius 3 is 2.52 bits per heavy atom. The lowest BCUT2D eigenvalue weighted by molar-refractivity contribution is -0.152. The quantitative estimate of drug-likeness (QED) is 0.613. The van der Waals surface area contributed by atoms with Gasteiger partial charge in [-0.25, -0.2) is 0 Å². The minimum Gasteiger partial charge on any atom is -0.468 e. The Morgan fingerprint density at radius 2 is 1.77 bits per heavy atom. The van der Waals surface area contributed by atoms with Crippen LogP contribution in [0, 0.1) is 0 Å². The summed E-state index contributed by atoms with van der Waals surface area (Å²) >= 11 is 0. The molecule has 0 spiro atoms. The van der Waals surface area contributed by atoms with Crippen LogP contribution >= 0.6 is 0 Å². The molecule has 2 aliphatic rings. The zero-order valence-corrected chi connectivity index (χ0v) is 18.5. The molecule has 1 aromatic heterocycles. The highest BCUT2D eigenvalue weighted by Crippen LogP contribution is 2.48. The molecular weight excluding hydrogens is 386 g/mol. The molecule has 5 rings (SSSR count). The number of esters is 1. The van der Waals surface area contributed by atoms with Crippen molar-refractivity contribution in [3.05, 3.63) is 71.4 Å². The second-order valence-corrected chi connectivity index (χ2v) is 9.19. The number of nitrogens with zero attached hydrogens (tertiary/aromatic N) is 1. The summed E-state index contributed by atoms with van der Waals surface area (Å²) in [5, 5.41) is 5.00. The lowest BCUT2D eigenvalue weighted by atomic mass is 9.79. The molecule has 3 aromatic rings. The molecule has 0 bridgehead atoms. The topological polar surface area (TPSA) is 57.4 Å². The van der Waals surface area contributed by atoms with Gasteiger partial charge in [0, 0.05) is 41.1 Å². The van der Waals surface area contributed by atoms with Gasteiger partial charge in [-0.05, 0) is 30.0 Å². The van der Waals surface area contributed by atoms with Crippen LogP contribution in [-0.4, -0.2) is 41.1 Å². The van der Waals surface area contributed by atoms with Crippen LogP contribution in [0.3, 0.4) is 0 Å². The van der Waals surface area contributed by atoms with Gasteiger partial charge in [-0.2, -0.15) is 0 Å². The first-order chi connectivity index (χ1) is 15.1. The fourth-order valence-electron chi connectivity index (χ4n) is 5.75. The molecule has 2 N–H and O–H groups in total. The lowest BCUT2D eigenvalue weighted by Crippen LogP contribution is -2.56. The molecule has 162 valence electrons. The van der Waals surface area contributed by atoms with Gasteiger partial charge >= 0.3 is 5.97 Å². The third-order valence-electron chi connectivity index (χ3n) is 6.90. The van der Waals surface area contributed by atoms with E-state index in [1.165, 1.54) is 29.3 Å². The van der Waals surface area contributed by atoms with Gasteiger partial charge in [0.05, 0.1) is 13.2 Å². The molecule has 3 heterocycles. The van der Waals surface area contributed by atoms with E-state index < -0.39 is 0 Å². The Kier molecular flexibility index (Phi) is 5.32. The minimum absolute atomic E-state index is 0.135.